The van der Waals surface area contributed by atoms with E-state index in [4.69, 9.17) is 5.10 Å². The zero-order valence-corrected chi connectivity index (χ0v) is 14.9. The molecule has 0 amide bonds. The number of likely N-dealkylation sites (N-methyl/N-ethyl adjacent to an activating group) is 1. The molecular weight excluding hydrogens is 332 g/mol. The van der Waals surface area contributed by atoms with E-state index in [0.717, 1.165) is 35.5 Å². The molecule has 2 heterocycles. The van der Waals surface area contributed by atoms with Crippen molar-refractivity contribution in [3.8, 4) is 0 Å². The lowest BCUT2D eigenvalue weighted by atomic mass is 9.83. The van der Waals surface area contributed by atoms with Crippen LogP contribution in [0.3, 0.4) is 0 Å². The lowest BCUT2D eigenvalue weighted by Gasteiger charge is -2.34. The highest BCUT2D eigenvalue weighted by Crippen LogP contribution is 2.39. The lowest BCUT2D eigenvalue weighted by molar-refractivity contribution is 0.211. The van der Waals surface area contributed by atoms with E-state index in [1.807, 2.05) is 24.2 Å². The van der Waals surface area contributed by atoms with Crippen LogP contribution < -0.4 is 0 Å². The van der Waals surface area contributed by atoms with Crippen molar-refractivity contribution in [2.75, 3.05) is 27.2 Å². The van der Waals surface area contributed by atoms with Gasteiger partial charge in [-0.15, -0.1) is 0 Å². The van der Waals surface area contributed by atoms with Gasteiger partial charge in [-0.1, -0.05) is 24.3 Å². The van der Waals surface area contributed by atoms with Crippen molar-refractivity contribution in [2.24, 2.45) is 11.0 Å². The van der Waals surface area contributed by atoms with Gasteiger partial charge in [0.1, 0.15) is 11.6 Å². The predicted octanol–water partition coefficient (Wildman–Crippen LogP) is 3.95. The highest BCUT2D eigenvalue weighted by molar-refractivity contribution is 6.07. The summed E-state index contributed by atoms with van der Waals surface area (Å²) < 4.78 is 26.5. The SMILES string of the molecule is CN1C/C(=C\c2ccc(F)cc2)C2=NN(C)C(c3ccc(F)cc3)C2C1. The molecular formula is C21H21F2N3. The van der Waals surface area contributed by atoms with Crippen molar-refractivity contribution in [1.82, 2.24) is 9.91 Å². The van der Waals surface area contributed by atoms with E-state index >= 15 is 0 Å². The third-order valence-electron chi connectivity index (χ3n) is 5.10. The Morgan fingerprint density at radius 3 is 2.23 bits per heavy atom. The largest absolute Gasteiger partial charge is 0.301 e. The molecule has 0 bridgehead atoms. The molecule has 0 radical (unpaired) electrons. The Bertz CT molecular complexity index is 856. The summed E-state index contributed by atoms with van der Waals surface area (Å²) in [5, 5.41) is 6.78. The number of hydrogen-bond acceptors (Lipinski definition) is 3. The van der Waals surface area contributed by atoms with Crippen LogP contribution in [-0.2, 0) is 0 Å². The fraction of sp³-hybridized carbons (Fsp3) is 0.286. The van der Waals surface area contributed by atoms with Gasteiger partial charge in [0.2, 0.25) is 0 Å². The fourth-order valence-electron chi connectivity index (χ4n) is 3.96. The van der Waals surface area contributed by atoms with Gasteiger partial charge >= 0.3 is 0 Å². The lowest BCUT2D eigenvalue weighted by Crippen LogP contribution is -2.41. The number of halogens is 2. The molecule has 0 N–H and O–H groups in total. The van der Waals surface area contributed by atoms with Crippen molar-refractivity contribution in [3.63, 3.8) is 0 Å². The normalized spacial score (nSPS) is 24.7. The highest BCUT2D eigenvalue weighted by Gasteiger charge is 2.41. The molecule has 0 aromatic heterocycles. The molecule has 0 spiro atoms. The summed E-state index contributed by atoms with van der Waals surface area (Å²) in [4.78, 5) is 2.27. The first-order valence-electron chi connectivity index (χ1n) is 8.73. The Morgan fingerprint density at radius 1 is 0.962 bits per heavy atom. The predicted molar refractivity (Wildman–Crippen MR) is 99.7 cm³/mol. The number of hydrogen-bond donors (Lipinski definition) is 0. The molecule has 1 fully saturated rings. The van der Waals surface area contributed by atoms with Gasteiger partial charge in [0, 0.05) is 26.1 Å². The minimum Gasteiger partial charge on any atom is -0.301 e. The molecule has 2 unspecified atom stereocenters. The minimum absolute atomic E-state index is 0.0879. The fourth-order valence-corrected chi connectivity index (χ4v) is 3.96. The van der Waals surface area contributed by atoms with Gasteiger partial charge in [0.25, 0.3) is 0 Å². The van der Waals surface area contributed by atoms with E-state index in [1.165, 1.54) is 24.3 Å². The van der Waals surface area contributed by atoms with Crippen LogP contribution in [0.25, 0.3) is 6.08 Å². The van der Waals surface area contributed by atoms with Crippen LogP contribution in [0.1, 0.15) is 17.2 Å². The number of nitrogens with zero attached hydrogens (tertiary/aromatic N) is 3. The van der Waals surface area contributed by atoms with E-state index in [-0.39, 0.29) is 23.6 Å². The van der Waals surface area contributed by atoms with Gasteiger partial charge in [0.15, 0.2) is 0 Å². The van der Waals surface area contributed by atoms with Crippen LogP contribution >= 0.6 is 0 Å². The van der Waals surface area contributed by atoms with Gasteiger partial charge < -0.3 is 4.90 Å². The van der Waals surface area contributed by atoms with Gasteiger partial charge in [-0.05, 0) is 54.1 Å². The molecule has 2 aromatic rings. The second-order valence-electron chi connectivity index (χ2n) is 7.08. The van der Waals surface area contributed by atoms with Gasteiger partial charge in [-0.2, -0.15) is 5.10 Å². The van der Waals surface area contributed by atoms with E-state index in [2.05, 4.69) is 18.0 Å². The summed E-state index contributed by atoms with van der Waals surface area (Å²) in [6.07, 6.45) is 2.09. The summed E-state index contributed by atoms with van der Waals surface area (Å²) in [6.45, 7) is 1.70. The van der Waals surface area contributed by atoms with Crippen LogP contribution in [0.5, 0.6) is 0 Å². The number of likely N-dealkylation sites (tertiary alicyclic amines) is 1. The van der Waals surface area contributed by atoms with E-state index in [0.29, 0.717) is 0 Å². The Morgan fingerprint density at radius 2 is 1.58 bits per heavy atom. The second kappa shape index (κ2) is 6.65. The molecule has 0 aliphatic carbocycles. The average Bonchev–Trinajstić information content (AvgIpc) is 2.94. The molecule has 0 saturated carbocycles. The zero-order chi connectivity index (χ0) is 18.3. The zero-order valence-electron chi connectivity index (χ0n) is 14.9. The summed E-state index contributed by atoms with van der Waals surface area (Å²) in [5.74, 6) is -0.246. The first-order valence-corrected chi connectivity index (χ1v) is 8.73. The van der Waals surface area contributed by atoms with Crippen molar-refractivity contribution in [2.45, 2.75) is 6.04 Å². The van der Waals surface area contributed by atoms with Crippen molar-refractivity contribution < 1.29 is 8.78 Å². The maximum absolute atomic E-state index is 13.3. The molecule has 2 atom stereocenters. The highest BCUT2D eigenvalue weighted by atomic mass is 19.1. The Labute approximate surface area is 152 Å². The van der Waals surface area contributed by atoms with Crippen LogP contribution in [-0.4, -0.2) is 42.8 Å². The molecule has 2 aliphatic rings. The average molecular weight is 353 g/mol. The van der Waals surface area contributed by atoms with Crippen LogP contribution in [0.15, 0.2) is 59.2 Å². The van der Waals surface area contributed by atoms with Gasteiger partial charge in [0.05, 0.1) is 11.8 Å². The van der Waals surface area contributed by atoms with Crippen LogP contribution in [0.4, 0.5) is 8.78 Å². The van der Waals surface area contributed by atoms with E-state index < -0.39 is 0 Å². The number of rotatable bonds is 2. The number of fused-ring (bicyclic) bond motifs is 1. The minimum atomic E-state index is -0.236. The maximum Gasteiger partial charge on any atom is 0.123 e. The number of piperidine rings is 1. The molecule has 4 rings (SSSR count). The maximum atomic E-state index is 13.3. The molecule has 5 heteroatoms. The van der Waals surface area contributed by atoms with Crippen molar-refractivity contribution >= 4 is 11.8 Å². The quantitative estimate of drug-likeness (QED) is 0.814. The molecule has 1 saturated heterocycles. The number of benzene rings is 2. The first kappa shape index (κ1) is 16.9. The Kier molecular flexibility index (Phi) is 4.32. The third-order valence-corrected chi connectivity index (χ3v) is 5.10. The van der Waals surface area contributed by atoms with E-state index in [1.54, 1.807) is 12.1 Å². The second-order valence-corrected chi connectivity index (χ2v) is 7.08. The standard InChI is InChI=1S/C21H21F2N3/c1-25-12-16(11-14-3-7-17(22)8-4-14)20-19(13-25)21(26(2)24-20)15-5-9-18(23)10-6-15/h3-11,19,21H,12-13H2,1-2H3/b16-11+. The smallest absolute Gasteiger partial charge is 0.123 e. The molecule has 2 aromatic carbocycles. The topological polar surface area (TPSA) is 18.8 Å². The van der Waals surface area contributed by atoms with Crippen LogP contribution in [0, 0.1) is 17.6 Å². The number of hydrazone groups is 1. The molecule has 26 heavy (non-hydrogen) atoms. The summed E-state index contributed by atoms with van der Waals surface area (Å²) >= 11 is 0. The third kappa shape index (κ3) is 3.15. The molecule has 134 valence electrons. The van der Waals surface area contributed by atoms with Crippen LogP contribution in [0.2, 0.25) is 0 Å². The van der Waals surface area contributed by atoms with Crippen molar-refractivity contribution in [3.05, 3.63) is 76.9 Å². The summed E-state index contributed by atoms with van der Waals surface area (Å²) in [7, 11) is 4.06. The Hall–Kier alpha value is -2.53. The van der Waals surface area contributed by atoms with Gasteiger partial charge in [-0.25, -0.2) is 8.78 Å². The van der Waals surface area contributed by atoms with E-state index in [9.17, 15) is 8.78 Å². The molecule has 2 aliphatic heterocycles. The molecule has 3 nitrogen and oxygen atoms in total. The summed E-state index contributed by atoms with van der Waals surface area (Å²) in [6, 6.07) is 13.3. The monoisotopic (exact) mass is 353 g/mol. The first-order chi connectivity index (χ1) is 12.5. The summed E-state index contributed by atoms with van der Waals surface area (Å²) in [5.41, 5.74) is 4.25. The van der Waals surface area contributed by atoms with Gasteiger partial charge in [-0.3, -0.25) is 5.01 Å². The van der Waals surface area contributed by atoms with Crippen molar-refractivity contribution in [1.29, 1.82) is 0 Å². The Balaban J connectivity index is 1.68.